The predicted molar refractivity (Wildman–Crippen MR) is 81.4 cm³/mol. The van der Waals surface area contributed by atoms with Crippen LogP contribution in [0.2, 0.25) is 0 Å². The molecule has 0 bridgehead atoms. The zero-order valence-electron chi connectivity index (χ0n) is 12.8. The van der Waals surface area contributed by atoms with Crippen LogP contribution in [0.4, 0.5) is 0 Å². The minimum absolute atomic E-state index is 0.263. The molecule has 0 aliphatic rings. The molecule has 1 rings (SSSR count). The first-order valence-electron chi connectivity index (χ1n) is 7.38. The fourth-order valence-electron chi connectivity index (χ4n) is 2.49. The lowest BCUT2D eigenvalue weighted by Gasteiger charge is -2.28. The van der Waals surface area contributed by atoms with E-state index in [0.717, 1.165) is 25.9 Å². The summed E-state index contributed by atoms with van der Waals surface area (Å²) in [6.07, 6.45) is 3.45. The van der Waals surface area contributed by atoms with Gasteiger partial charge in [-0.25, -0.2) is 0 Å². The highest BCUT2D eigenvalue weighted by Gasteiger charge is 2.22. The van der Waals surface area contributed by atoms with E-state index < -0.39 is 0 Å². The third kappa shape index (κ3) is 3.84. The van der Waals surface area contributed by atoms with Crippen LogP contribution >= 0.6 is 0 Å². The third-order valence-electron chi connectivity index (χ3n) is 3.87. The average Bonchev–Trinajstić information content (AvgIpc) is 2.38. The van der Waals surface area contributed by atoms with Crippen molar-refractivity contribution in [3.8, 4) is 0 Å². The summed E-state index contributed by atoms with van der Waals surface area (Å²) in [4.78, 5) is 0. The van der Waals surface area contributed by atoms with Gasteiger partial charge < -0.3 is 5.32 Å². The van der Waals surface area contributed by atoms with Gasteiger partial charge in [-0.05, 0) is 54.5 Å². The Morgan fingerprint density at radius 2 is 1.78 bits per heavy atom. The molecule has 0 amide bonds. The zero-order valence-corrected chi connectivity index (χ0v) is 12.8. The number of hydrogen-bond donors (Lipinski definition) is 1. The van der Waals surface area contributed by atoms with E-state index in [1.54, 1.807) is 5.56 Å². The number of nitrogens with one attached hydrogen (secondary N) is 1. The normalized spacial score (nSPS) is 11.8. The maximum atomic E-state index is 3.44. The smallest absolute Gasteiger partial charge is 0.00407 e. The van der Waals surface area contributed by atoms with E-state index >= 15 is 0 Å². The molecule has 18 heavy (non-hydrogen) atoms. The number of hydrogen-bond acceptors (Lipinski definition) is 1. The number of rotatable bonds is 7. The molecule has 102 valence electrons. The van der Waals surface area contributed by atoms with Crippen LogP contribution in [0.25, 0.3) is 0 Å². The van der Waals surface area contributed by atoms with Crippen molar-refractivity contribution in [1.29, 1.82) is 0 Å². The molecule has 1 aromatic carbocycles. The maximum Gasteiger partial charge on any atom is -0.00407 e. The quantitative estimate of drug-likeness (QED) is 0.716. The Bertz CT molecular complexity index is 366. The van der Waals surface area contributed by atoms with Gasteiger partial charge in [0.2, 0.25) is 0 Å². The Balaban J connectivity index is 2.96. The van der Waals surface area contributed by atoms with Crippen molar-refractivity contribution in [2.75, 3.05) is 13.1 Å². The van der Waals surface area contributed by atoms with Crippen LogP contribution < -0.4 is 5.32 Å². The van der Waals surface area contributed by atoms with Gasteiger partial charge in [0.1, 0.15) is 0 Å². The lowest BCUT2D eigenvalue weighted by molar-refractivity contribution is 0.457. The van der Waals surface area contributed by atoms with Gasteiger partial charge in [0, 0.05) is 0 Å². The standard InChI is InChI=1S/C17H29N/c1-6-14-9-10-15(7-2)16(13-14)17(4,5)11-12-18-8-3/h9-10,13,18H,6-8,11-12H2,1-5H3. The molecule has 0 aliphatic carbocycles. The van der Waals surface area contributed by atoms with E-state index in [-0.39, 0.29) is 5.41 Å². The van der Waals surface area contributed by atoms with E-state index in [4.69, 9.17) is 0 Å². The summed E-state index contributed by atoms with van der Waals surface area (Å²) in [7, 11) is 0. The van der Waals surface area contributed by atoms with Gasteiger partial charge in [-0.15, -0.1) is 0 Å². The van der Waals surface area contributed by atoms with Gasteiger partial charge in [-0.1, -0.05) is 52.8 Å². The van der Waals surface area contributed by atoms with Gasteiger partial charge in [-0.3, -0.25) is 0 Å². The SMILES string of the molecule is CCNCCC(C)(C)c1cc(CC)ccc1CC. The molecule has 0 unspecified atom stereocenters. The first-order valence-corrected chi connectivity index (χ1v) is 7.38. The van der Waals surface area contributed by atoms with E-state index in [1.165, 1.54) is 17.5 Å². The molecule has 1 aromatic rings. The minimum Gasteiger partial charge on any atom is -0.317 e. The largest absolute Gasteiger partial charge is 0.317 e. The lowest BCUT2D eigenvalue weighted by Crippen LogP contribution is -2.26. The predicted octanol–water partition coefficient (Wildman–Crippen LogP) is 4.09. The molecule has 0 saturated carbocycles. The van der Waals surface area contributed by atoms with Crippen molar-refractivity contribution < 1.29 is 0 Å². The molecule has 1 heteroatoms. The van der Waals surface area contributed by atoms with E-state index in [9.17, 15) is 0 Å². The molecular formula is C17H29N. The monoisotopic (exact) mass is 247 g/mol. The fraction of sp³-hybridized carbons (Fsp3) is 0.647. The highest BCUT2D eigenvalue weighted by molar-refractivity contribution is 5.37. The summed E-state index contributed by atoms with van der Waals surface area (Å²) >= 11 is 0. The van der Waals surface area contributed by atoms with Crippen LogP contribution in [0, 0.1) is 0 Å². The van der Waals surface area contributed by atoms with Crippen molar-refractivity contribution in [3.63, 3.8) is 0 Å². The van der Waals surface area contributed by atoms with Gasteiger partial charge in [0.15, 0.2) is 0 Å². The van der Waals surface area contributed by atoms with Gasteiger partial charge in [-0.2, -0.15) is 0 Å². The van der Waals surface area contributed by atoms with Crippen molar-refractivity contribution in [3.05, 3.63) is 34.9 Å². The summed E-state index contributed by atoms with van der Waals surface area (Å²) in [5.74, 6) is 0. The first kappa shape index (κ1) is 15.2. The van der Waals surface area contributed by atoms with Crippen molar-refractivity contribution >= 4 is 0 Å². The average molecular weight is 247 g/mol. The molecule has 0 fully saturated rings. The number of aryl methyl sites for hydroxylation is 2. The third-order valence-corrected chi connectivity index (χ3v) is 3.87. The summed E-state index contributed by atoms with van der Waals surface area (Å²) in [5.41, 5.74) is 4.77. The molecule has 1 N–H and O–H groups in total. The minimum atomic E-state index is 0.263. The van der Waals surface area contributed by atoms with Crippen LogP contribution in [0.15, 0.2) is 18.2 Å². The van der Waals surface area contributed by atoms with Gasteiger partial charge in [0.25, 0.3) is 0 Å². The van der Waals surface area contributed by atoms with Gasteiger partial charge in [0.05, 0.1) is 0 Å². The molecule has 0 aromatic heterocycles. The molecule has 1 nitrogen and oxygen atoms in total. The highest BCUT2D eigenvalue weighted by Crippen LogP contribution is 2.31. The van der Waals surface area contributed by atoms with Crippen LogP contribution in [0.5, 0.6) is 0 Å². The Morgan fingerprint density at radius 3 is 2.33 bits per heavy atom. The molecular weight excluding hydrogens is 218 g/mol. The molecule has 0 radical (unpaired) electrons. The second kappa shape index (κ2) is 6.94. The molecule has 0 spiro atoms. The Kier molecular flexibility index (Phi) is 5.87. The van der Waals surface area contributed by atoms with Crippen LogP contribution in [0.3, 0.4) is 0 Å². The summed E-state index contributed by atoms with van der Waals surface area (Å²) in [5, 5.41) is 3.44. The first-order chi connectivity index (χ1) is 8.55. The summed E-state index contributed by atoms with van der Waals surface area (Å²) < 4.78 is 0. The summed E-state index contributed by atoms with van der Waals surface area (Å²) in [6.45, 7) is 13.6. The number of benzene rings is 1. The van der Waals surface area contributed by atoms with E-state index in [2.05, 4.69) is 58.1 Å². The molecule has 0 saturated heterocycles. The fourth-order valence-corrected chi connectivity index (χ4v) is 2.49. The Labute approximate surface area is 113 Å². The van der Waals surface area contributed by atoms with Crippen LogP contribution in [-0.2, 0) is 18.3 Å². The van der Waals surface area contributed by atoms with E-state index in [0.29, 0.717) is 0 Å². The van der Waals surface area contributed by atoms with Gasteiger partial charge >= 0.3 is 0 Å². The second-order valence-corrected chi connectivity index (χ2v) is 5.69. The maximum absolute atomic E-state index is 3.44. The van der Waals surface area contributed by atoms with Crippen molar-refractivity contribution in [2.45, 2.75) is 59.3 Å². The second-order valence-electron chi connectivity index (χ2n) is 5.69. The van der Waals surface area contributed by atoms with Crippen LogP contribution in [-0.4, -0.2) is 13.1 Å². The molecule has 0 aliphatic heterocycles. The highest BCUT2D eigenvalue weighted by atomic mass is 14.8. The Hall–Kier alpha value is -0.820. The Morgan fingerprint density at radius 1 is 1.06 bits per heavy atom. The topological polar surface area (TPSA) is 12.0 Å². The van der Waals surface area contributed by atoms with Crippen molar-refractivity contribution in [1.82, 2.24) is 5.32 Å². The summed E-state index contributed by atoms with van der Waals surface area (Å²) in [6, 6.07) is 7.02. The van der Waals surface area contributed by atoms with Crippen molar-refractivity contribution in [2.24, 2.45) is 0 Å². The van der Waals surface area contributed by atoms with E-state index in [1.807, 2.05) is 0 Å². The molecule has 0 heterocycles. The zero-order chi connectivity index (χ0) is 13.6. The lowest BCUT2D eigenvalue weighted by atomic mass is 9.77. The molecule has 0 atom stereocenters. The van der Waals surface area contributed by atoms with Crippen LogP contribution in [0.1, 0.15) is 57.7 Å².